The highest BCUT2D eigenvalue weighted by Gasteiger charge is 2.11. The van der Waals surface area contributed by atoms with Crippen LogP contribution in [0.4, 0.5) is 17.3 Å². The average Bonchev–Trinajstić information content (AvgIpc) is 2.43. The van der Waals surface area contributed by atoms with Crippen LogP contribution in [0.25, 0.3) is 0 Å². The molecule has 0 saturated carbocycles. The Morgan fingerprint density at radius 3 is 2.65 bits per heavy atom. The second-order valence-corrected chi connectivity index (χ2v) is 5.83. The molecule has 0 aliphatic carbocycles. The summed E-state index contributed by atoms with van der Waals surface area (Å²) in [5, 5.41) is 3.34. The number of hydrogen-bond donors (Lipinski definition) is 2. The Morgan fingerprint density at radius 1 is 1.25 bits per heavy atom. The lowest BCUT2D eigenvalue weighted by Crippen LogP contribution is -2.08. The molecule has 3 N–H and O–H groups in total. The molecule has 106 valence electrons. The maximum absolute atomic E-state index is 5.97. The van der Waals surface area contributed by atoms with Crippen LogP contribution in [-0.4, -0.2) is 16.2 Å². The third-order valence-corrected chi connectivity index (χ3v) is 3.77. The van der Waals surface area contributed by atoms with Gasteiger partial charge in [0.25, 0.3) is 0 Å². The van der Waals surface area contributed by atoms with Crippen LogP contribution >= 0.6 is 11.8 Å². The first-order valence-corrected chi connectivity index (χ1v) is 7.78. The van der Waals surface area contributed by atoms with E-state index in [2.05, 4.69) is 47.5 Å². The summed E-state index contributed by atoms with van der Waals surface area (Å²) >= 11 is 1.71. The number of rotatable bonds is 4. The van der Waals surface area contributed by atoms with Crippen molar-refractivity contribution in [2.24, 2.45) is 0 Å². The zero-order valence-electron chi connectivity index (χ0n) is 12.3. The lowest BCUT2D eigenvalue weighted by Gasteiger charge is -2.14. The maximum Gasteiger partial charge on any atom is 0.139 e. The molecule has 0 unspecified atom stereocenters. The van der Waals surface area contributed by atoms with Crippen molar-refractivity contribution >= 4 is 29.1 Å². The SMILES string of the molecule is CSc1cccc(Nc2nc(C(C)C)nc(N)c2C)c1. The molecule has 0 fully saturated rings. The summed E-state index contributed by atoms with van der Waals surface area (Å²) in [7, 11) is 0. The summed E-state index contributed by atoms with van der Waals surface area (Å²) in [6.07, 6.45) is 2.06. The third-order valence-electron chi connectivity index (χ3n) is 3.05. The van der Waals surface area contributed by atoms with Gasteiger partial charge in [-0.2, -0.15) is 0 Å². The first-order valence-electron chi connectivity index (χ1n) is 6.56. The number of nitrogens with one attached hydrogen (secondary N) is 1. The summed E-state index contributed by atoms with van der Waals surface area (Å²) in [5.74, 6) is 2.32. The highest BCUT2D eigenvalue weighted by atomic mass is 32.2. The fourth-order valence-electron chi connectivity index (χ4n) is 1.77. The second-order valence-electron chi connectivity index (χ2n) is 4.95. The number of anilines is 3. The predicted octanol–water partition coefficient (Wildman–Crippen LogP) is 3.96. The number of aromatic nitrogens is 2. The Kier molecular flexibility index (Phi) is 4.49. The van der Waals surface area contributed by atoms with E-state index in [9.17, 15) is 0 Å². The van der Waals surface area contributed by atoms with Gasteiger partial charge in [0.15, 0.2) is 0 Å². The van der Waals surface area contributed by atoms with Crippen LogP contribution in [0.5, 0.6) is 0 Å². The van der Waals surface area contributed by atoms with Crippen molar-refractivity contribution in [2.45, 2.75) is 31.6 Å². The van der Waals surface area contributed by atoms with Gasteiger partial charge in [0.1, 0.15) is 17.5 Å². The predicted molar refractivity (Wildman–Crippen MR) is 86.8 cm³/mol. The first kappa shape index (κ1) is 14.7. The molecule has 2 aromatic rings. The molecule has 0 spiro atoms. The van der Waals surface area contributed by atoms with E-state index in [1.54, 1.807) is 11.8 Å². The van der Waals surface area contributed by atoms with E-state index < -0.39 is 0 Å². The largest absolute Gasteiger partial charge is 0.383 e. The van der Waals surface area contributed by atoms with E-state index in [4.69, 9.17) is 5.73 Å². The highest BCUT2D eigenvalue weighted by molar-refractivity contribution is 7.98. The van der Waals surface area contributed by atoms with Crippen molar-refractivity contribution in [1.29, 1.82) is 0 Å². The normalized spacial score (nSPS) is 10.8. The minimum Gasteiger partial charge on any atom is -0.383 e. The number of benzene rings is 1. The van der Waals surface area contributed by atoms with Crippen LogP contribution in [0.15, 0.2) is 29.2 Å². The van der Waals surface area contributed by atoms with Crippen LogP contribution in [-0.2, 0) is 0 Å². The number of nitrogens with zero attached hydrogens (tertiary/aromatic N) is 2. The van der Waals surface area contributed by atoms with Crippen molar-refractivity contribution in [3.8, 4) is 0 Å². The van der Waals surface area contributed by atoms with Crippen molar-refractivity contribution in [3.63, 3.8) is 0 Å². The lowest BCUT2D eigenvalue weighted by molar-refractivity contribution is 0.776. The average molecular weight is 288 g/mol. The first-order chi connectivity index (χ1) is 9.51. The Balaban J connectivity index is 2.37. The molecule has 1 aromatic heterocycles. The van der Waals surface area contributed by atoms with Crippen LogP contribution < -0.4 is 11.1 Å². The van der Waals surface area contributed by atoms with Gasteiger partial charge in [0.2, 0.25) is 0 Å². The number of thioether (sulfide) groups is 1. The van der Waals surface area contributed by atoms with Gasteiger partial charge in [-0.15, -0.1) is 11.8 Å². The van der Waals surface area contributed by atoms with E-state index >= 15 is 0 Å². The molecule has 2 rings (SSSR count). The van der Waals surface area contributed by atoms with Gasteiger partial charge < -0.3 is 11.1 Å². The standard InChI is InChI=1S/C15H20N4S/c1-9(2)14-18-13(16)10(3)15(19-14)17-11-6-5-7-12(8-11)20-4/h5-9H,1-4H3,(H3,16,17,18,19). The van der Waals surface area contributed by atoms with E-state index in [1.165, 1.54) is 4.90 Å². The zero-order chi connectivity index (χ0) is 14.7. The van der Waals surface area contributed by atoms with Crippen LogP contribution in [0, 0.1) is 6.92 Å². The fraction of sp³-hybridized carbons (Fsp3) is 0.333. The quantitative estimate of drug-likeness (QED) is 0.834. The summed E-state index contributed by atoms with van der Waals surface area (Å²) in [4.78, 5) is 10.1. The van der Waals surface area contributed by atoms with Gasteiger partial charge in [-0.25, -0.2) is 9.97 Å². The van der Waals surface area contributed by atoms with Crippen LogP contribution in [0.3, 0.4) is 0 Å². The summed E-state index contributed by atoms with van der Waals surface area (Å²) in [6.45, 7) is 6.05. The molecule has 0 amide bonds. The topological polar surface area (TPSA) is 63.8 Å². The van der Waals surface area contributed by atoms with Gasteiger partial charge in [0, 0.05) is 22.1 Å². The minimum atomic E-state index is 0.246. The number of hydrogen-bond acceptors (Lipinski definition) is 5. The molecule has 4 nitrogen and oxygen atoms in total. The summed E-state index contributed by atoms with van der Waals surface area (Å²) in [6, 6.07) is 8.22. The van der Waals surface area contributed by atoms with E-state index in [0.29, 0.717) is 5.82 Å². The van der Waals surface area contributed by atoms with Gasteiger partial charge in [-0.3, -0.25) is 0 Å². The molecule has 0 aliphatic rings. The number of nitrogens with two attached hydrogens (primary N) is 1. The van der Waals surface area contributed by atoms with Gasteiger partial charge in [0.05, 0.1) is 0 Å². The Morgan fingerprint density at radius 2 is 2.00 bits per heavy atom. The molecule has 0 saturated heterocycles. The molecule has 20 heavy (non-hydrogen) atoms. The van der Waals surface area contributed by atoms with Gasteiger partial charge in [-0.1, -0.05) is 19.9 Å². The van der Waals surface area contributed by atoms with Crippen molar-refractivity contribution < 1.29 is 0 Å². The smallest absolute Gasteiger partial charge is 0.139 e. The molecule has 0 atom stereocenters. The minimum absolute atomic E-state index is 0.246. The zero-order valence-corrected chi connectivity index (χ0v) is 13.1. The Labute approximate surface area is 124 Å². The number of nitrogen functional groups attached to an aromatic ring is 1. The molecule has 5 heteroatoms. The van der Waals surface area contributed by atoms with Crippen molar-refractivity contribution in [2.75, 3.05) is 17.3 Å². The highest BCUT2D eigenvalue weighted by Crippen LogP contribution is 2.26. The molecular weight excluding hydrogens is 268 g/mol. The summed E-state index contributed by atoms with van der Waals surface area (Å²) in [5.41, 5.74) is 7.86. The van der Waals surface area contributed by atoms with Crippen LogP contribution in [0.2, 0.25) is 0 Å². The van der Waals surface area contributed by atoms with Gasteiger partial charge >= 0.3 is 0 Å². The molecule has 1 aromatic carbocycles. The maximum atomic E-state index is 5.97. The Bertz CT molecular complexity index is 611. The molecule has 0 aliphatic heterocycles. The molecule has 0 radical (unpaired) electrons. The van der Waals surface area contributed by atoms with Crippen molar-refractivity contribution in [3.05, 3.63) is 35.7 Å². The monoisotopic (exact) mass is 288 g/mol. The summed E-state index contributed by atoms with van der Waals surface area (Å²) < 4.78 is 0. The van der Waals surface area contributed by atoms with E-state index in [-0.39, 0.29) is 5.92 Å². The molecule has 1 heterocycles. The second kappa shape index (κ2) is 6.13. The fourth-order valence-corrected chi connectivity index (χ4v) is 2.23. The third kappa shape index (κ3) is 3.22. The molecular formula is C15H20N4S. The Hall–Kier alpha value is -1.75. The van der Waals surface area contributed by atoms with E-state index in [0.717, 1.165) is 22.9 Å². The lowest BCUT2D eigenvalue weighted by atomic mass is 10.2. The van der Waals surface area contributed by atoms with Crippen LogP contribution in [0.1, 0.15) is 31.2 Å². The van der Waals surface area contributed by atoms with Gasteiger partial charge in [-0.05, 0) is 31.4 Å². The van der Waals surface area contributed by atoms with Crippen molar-refractivity contribution in [1.82, 2.24) is 9.97 Å². The molecule has 0 bridgehead atoms. The van der Waals surface area contributed by atoms with E-state index in [1.807, 2.05) is 19.1 Å².